The number of ether oxygens (including phenoxy) is 2. The molecule has 0 radical (unpaired) electrons. The van der Waals surface area contributed by atoms with Gasteiger partial charge in [-0.25, -0.2) is 8.42 Å². The van der Waals surface area contributed by atoms with Crippen molar-refractivity contribution in [3.8, 4) is 0 Å². The molecule has 0 unspecified atom stereocenters. The molecule has 2 aliphatic carbocycles. The van der Waals surface area contributed by atoms with E-state index in [9.17, 15) is 18.0 Å². The molecule has 2 aromatic rings. The summed E-state index contributed by atoms with van der Waals surface area (Å²) in [5.74, 6) is 0.640. The summed E-state index contributed by atoms with van der Waals surface area (Å²) in [6.07, 6.45) is 5.46. The van der Waals surface area contributed by atoms with Crippen molar-refractivity contribution in [3.63, 3.8) is 0 Å². The van der Waals surface area contributed by atoms with Crippen molar-refractivity contribution in [2.24, 2.45) is 5.73 Å². The van der Waals surface area contributed by atoms with Crippen molar-refractivity contribution in [3.05, 3.63) is 58.7 Å². The molecule has 2 saturated heterocycles. The van der Waals surface area contributed by atoms with Gasteiger partial charge in [-0.2, -0.15) is 0 Å². The maximum Gasteiger partial charge on any atom is 0.251 e. The van der Waals surface area contributed by atoms with Gasteiger partial charge in [-0.3, -0.25) is 9.59 Å². The maximum absolute atomic E-state index is 13.6. The fourth-order valence-corrected chi connectivity index (χ4v) is 14.8. The van der Waals surface area contributed by atoms with E-state index in [0.717, 1.165) is 66.2 Å². The van der Waals surface area contributed by atoms with Crippen LogP contribution in [0.2, 0.25) is 25.7 Å². The summed E-state index contributed by atoms with van der Waals surface area (Å²) < 4.78 is 38.4. The Hall–Kier alpha value is -2.57. The van der Waals surface area contributed by atoms with Gasteiger partial charge in [0.15, 0.2) is 9.84 Å². The molecule has 6 aliphatic rings. The van der Waals surface area contributed by atoms with E-state index in [1.807, 2.05) is 31.3 Å². The number of epoxide rings is 2. The van der Waals surface area contributed by atoms with Gasteiger partial charge in [-0.15, -0.1) is 0 Å². The first kappa shape index (κ1) is 36.8. The van der Waals surface area contributed by atoms with E-state index in [4.69, 9.17) is 15.2 Å². The topological polar surface area (TPSA) is 126 Å². The number of carbonyl (C=O) groups excluding carboxylic acids is 2. The summed E-state index contributed by atoms with van der Waals surface area (Å²) in [5.41, 5.74) is 10.8. The highest BCUT2D eigenvalue weighted by molar-refractivity contribution is 7.91. The Morgan fingerprint density at radius 1 is 0.784 bits per heavy atom. The summed E-state index contributed by atoms with van der Waals surface area (Å²) in [4.78, 5) is 29.6. The standard InChI is InChI=1S/C23H35NO4SSi.C17H22N2O2/c1-22(2)20(28-22)17-10-8-12-23(15-29(26,27)13-14-30(4,5)6)19-16(17)9-7-11-18(19)24(3)21(23)25;1-16(2)14(21-16)11-7-5-9-17(18)13-10(11)6-4-8-12(13)19(3)15(17)20/h7,9,11,17,20H,8,10,12-15H2,1-6H3;4,6,8,11,14H,5,7,9,18H2,1-3H3/t17-,20+,23-;11-,14+,17-/m00/s1. The van der Waals surface area contributed by atoms with E-state index < -0.39 is 28.9 Å². The highest BCUT2D eigenvalue weighted by Crippen LogP contribution is 2.57. The normalized spacial score (nSPS) is 32.7. The third-order valence-corrected chi connectivity index (χ3v) is 16.5. The molecule has 11 heteroatoms. The SMILES string of the molecule is CN1C(=O)[C@]2(CS(=O)(=O)CC[Si](C)(C)C)CCC[C@H]([C@H]3OC3(C)C)c3cccc1c32.CN1C(=O)[C@]2(N)CCC[C@H]([C@H]3OC3(C)C)c3cccc1c32. The average Bonchev–Trinajstić information content (AvgIpc) is 3.89. The number of nitrogens with two attached hydrogens (primary N) is 1. The number of amides is 2. The Bertz CT molecular complexity index is 1890. The number of benzene rings is 2. The Kier molecular flexibility index (Phi) is 8.63. The van der Waals surface area contributed by atoms with E-state index in [1.165, 1.54) is 5.56 Å². The Balaban J connectivity index is 0.000000169. The van der Waals surface area contributed by atoms with Gasteiger partial charge in [-0.05, 0) is 88.2 Å². The molecule has 8 rings (SSSR count). The minimum absolute atomic E-state index is 0.0292. The predicted octanol–water partition coefficient (Wildman–Crippen LogP) is 6.36. The third-order valence-electron chi connectivity index (χ3n) is 12.7. The molecule has 2 fully saturated rings. The van der Waals surface area contributed by atoms with Crippen LogP contribution in [0.3, 0.4) is 0 Å². The van der Waals surface area contributed by atoms with Crippen molar-refractivity contribution >= 4 is 41.1 Å². The monoisotopic (exact) mass is 735 g/mol. The van der Waals surface area contributed by atoms with E-state index in [0.29, 0.717) is 12.3 Å². The zero-order chi connectivity index (χ0) is 37.1. The first-order valence-electron chi connectivity index (χ1n) is 18.8. The largest absolute Gasteiger partial charge is 0.366 e. The average molecular weight is 736 g/mol. The number of nitrogens with zero attached hydrogens (tertiary/aromatic N) is 2. The van der Waals surface area contributed by atoms with Gasteiger partial charge < -0.3 is 25.0 Å². The Morgan fingerprint density at radius 3 is 1.76 bits per heavy atom. The molecule has 4 aliphatic heterocycles. The Labute approximate surface area is 305 Å². The molecule has 0 bridgehead atoms. The van der Waals surface area contributed by atoms with Gasteiger partial charge in [0.1, 0.15) is 5.54 Å². The highest BCUT2D eigenvalue weighted by atomic mass is 32.2. The van der Waals surface area contributed by atoms with Crippen LogP contribution >= 0.6 is 0 Å². The molecule has 6 atom stereocenters. The summed E-state index contributed by atoms with van der Waals surface area (Å²) in [5, 5.41) is 0. The number of hydrogen-bond acceptors (Lipinski definition) is 7. The molecular weight excluding hydrogens is 679 g/mol. The first-order chi connectivity index (χ1) is 23.6. The van der Waals surface area contributed by atoms with E-state index in [2.05, 4.69) is 59.5 Å². The molecule has 0 aromatic heterocycles. The van der Waals surface area contributed by atoms with Crippen molar-refractivity contribution in [1.29, 1.82) is 0 Å². The fourth-order valence-electron chi connectivity index (χ4n) is 9.82. The predicted molar refractivity (Wildman–Crippen MR) is 205 cm³/mol. The molecule has 9 nitrogen and oxygen atoms in total. The van der Waals surface area contributed by atoms with Crippen molar-refractivity contribution in [1.82, 2.24) is 0 Å². The molecule has 4 heterocycles. The minimum Gasteiger partial charge on any atom is -0.366 e. The lowest BCUT2D eigenvalue weighted by atomic mass is 9.77. The van der Waals surface area contributed by atoms with Gasteiger partial charge in [-0.1, -0.05) is 56.7 Å². The van der Waals surface area contributed by atoms with Crippen LogP contribution in [0, 0.1) is 0 Å². The van der Waals surface area contributed by atoms with Crippen LogP contribution in [0.1, 0.15) is 100 Å². The second-order valence-electron chi connectivity index (χ2n) is 18.4. The van der Waals surface area contributed by atoms with Gasteiger partial charge in [0.2, 0.25) is 5.91 Å². The van der Waals surface area contributed by atoms with Crippen LogP contribution < -0.4 is 15.5 Å². The summed E-state index contributed by atoms with van der Waals surface area (Å²) in [6.45, 7) is 15.1. The van der Waals surface area contributed by atoms with Gasteiger partial charge >= 0.3 is 0 Å². The van der Waals surface area contributed by atoms with E-state index >= 15 is 0 Å². The van der Waals surface area contributed by atoms with Crippen LogP contribution in [0.5, 0.6) is 0 Å². The zero-order valence-corrected chi connectivity index (χ0v) is 33.8. The number of likely N-dealkylation sites (N-methyl/N-ethyl adjacent to an activating group) is 2. The smallest absolute Gasteiger partial charge is 0.251 e. The second kappa shape index (κ2) is 12.0. The van der Waals surface area contributed by atoms with E-state index in [1.54, 1.807) is 16.8 Å². The second-order valence-corrected chi connectivity index (χ2v) is 26.3. The van der Waals surface area contributed by atoms with Gasteiger partial charge in [0.05, 0.1) is 34.6 Å². The quantitative estimate of drug-likeness (QED) is 0.259. The molecule has 2 N–H and O–H groups in total. The fraction of sp³-hybridized carbons (Fsp3) is 0.650. The van der Waals surface area contributed by atoms with Crippen LogP contribution in [0.15, 0.2) is 36.4 Å². The van der Waals surface area contributed by atoms with Crippen molar-refractivity contribution in [2.45, 2.75) is 138 Å². The van der Waals surface area contributed by atoms with Crippen molar-refractivity contribution in [2.75, 3.05) is 35.4 Å². The van der Waals surface area contributed by atoms with Crippen LogP contribution in [-0.2, 0) is 39.9 Å². The summed E-state index contributed by atoms with van der Waals surface area (Å²) in [6, 6.07) is 13.0. The maximum atomic E-state index is 13.6. The molecule has 2 aromatic carbocycles. The lowest BCUT2D eigenvalue weighted by Crippen LogP contribution is -2.46. The molecule has 51 heavy (non-hydrogen) atoms. The lowest BCUT2D eigenvalue weighted by Gasteiger charge is -2.28. The number of sulfone groups is 1. The molecular formula is C40H57N3O6SSi. The van der Waals surface area contributed by atoms with Crippen molar-refractivity contribution < 1.29 is 27.5 Å². The highest BCUT2D eigenvalue weighted by Gasteiger charge is 2.60. The molecule has 278 valence electrons. The summed E-state index contributed by atoms with van der Waals surface area (Å²) in [7, 11) is -1.23. The zero-order valence-electron chi connectivity index (χ0n) is 32.0. The van der Waals surface area contributed by atoms with Crippen LogP contribution in [0.4, 0.5) is 11.4 Å². The van der Waals surface area contributed by atoms with E-state index in [-0.39, 0.29) is 52.6 Å². The molecule has 2 amide bonds. The van der Waals surface area contributed by atoms with Crippen LogP contribution in [-0.4, -0.2) is 77.3 Å². The lowest BCUT2D eigenvalue weighted by molar-refractivity contribution is -0.123. The minimum atomic E-state index is -3.36. The number of rotatable bonds is 7. The van der Waals surface area contributed by atoms with Gasteiger partial charge in [0, 0.05) is 56.7 Å². The first-order valence-corrected chi connectivity index (χ1v) is 24.3. The molecule has 0 saturated carbocycles. The number of hydrogen-bond donors (Lipinski definition) is 1. The number of carbonyl (C=O) groups is 2. The third kappa shape index (κ3) is 6.12. The summed E-state index contributed by atoms with van der Waals surface area (Å²) >= 11 is 0. The van der Waals surface area contributed by atoms with Gasteiger partial charge in [0.25, 0.3) is 5.91 Å². The number of anilines is 2. The Morgan fingerprint density at radius 2 is 1.25 bits per heavy atom. The molecule has 0 spiro atoms. The van der Waals surface area contributed by atoms with Crippen LogP contribution in [0.25, 0.3) is 0 Å².